The van der Waals surface area contributed by atoms with Gasteiger partial charge < -0.3 is 19.8 Å². The number of hydrogen-bond donors (Lipinski definition) is 3. The first kappa shape index (κ1) is 66.4. The number of nitrogens with zero attached hydrogens (tertiary/aromatic N) is 1. The van der Waals surface area contributed by atoms with E-state index in [9.17, 15) is 19.4 Å². The number of likely N-dealkylation sites (N-methyl/N-ethyl adjacent to an activating group) is 1. The molecule has 0 spiro atoms. The van der Waals surface area contributed by atoms with Crippen molar-refractivity contribution >= 4 is 13.7 Å². The largest absolute Gasteiger partial charge is 0.472 e. The van der Waals surface area contributed by atoms with Gasteiger partial charge in [-0.05, 0) is 103 Å². The lowest BCUT2D eigenvalue weighted by molar-refractivity contribution is -0.870. The first-order valence-electron chi connectivity index (χ1n) is 27.2. The molecule has 396 valence electrons. The van der Waals surface area contributed by atoms with E-state index in [4.69, 9.17) is 9.05 Å². The van der Waals surface area contributed by atoms with E-state index in [1.165, 1.54) is 38.5 Å². The molecule has 0 aliphatic carbocycles. The molecular formula is C61H102N2O6P+. The van der Waals surface area contributed by atoms with Crippen molar-refractivity contribution in [1.82, 2.24) is 5.32 Å². The molecule has 70 heavy (non-hydrogen) atoms. The number of nitrogens with one attached hydrogen (secondary N) is 1. The minimum Gasteiger partial charge on any atom is -0.387 e. The lowest BCUT2D eigenvalue weighted by Crippen LogP contribution is -2.45. The Hall–Kier alpha value is -3.62. The number of phosphoric acid groups is 1. The number of unbranched alkanes of at least 4 members (excludes halogenated alkanes) is 12. The molecule has 0 bridgehead atoms. The fourth-order valence-electron chi connectivity index (χ4n) is 6.81. The van der Waals surface area contributed by atoms with Crippen LogP contribution >= 0.6 is 7.82 Å². The van der Waals surface area contributed by atoms with Crippen LogP contribution in [0.25, 0.3) is 0 Å². The summed E-state index contributed by atoms with van der Waals surface area (Å²) in [6.45, 7) is 4.59. The van der Waals surface area contributed by atoms with Crippen molar-refractivity contribution in [1.29, 1.82) is 0 Å². The fourth-order valence-corrected chi connectivity index (χ4v) is 7.54. The van der Waals surface area contributed by atoms with Crippen molar-refractivity contribution in [2.45, 2.75) is 193 Å². The molecule has 0 aliphatic heterocycles. The number of quaternary nitrogens is 1. The van der Waals surface area contributed by atoms with Crippen LogP contribution in [0, 0.1) is 0 Å². The highest BCUT2D eigenvalue weighted by Crippen LogP contribution is 2.43. The van der Waals surface area contributed by atoms with Gasteiger partial charge in [0.2, 0.25) is 5.91 Å². The van der Waals surface area contributed by atoms with Gasteiger partial charge in [0, 0.05) is 6.42 Å². The monoisotopic (exact) mass is 990 g/mol. The summed E-state index contributed by atoms with van der Waals surface area (Å²) >= 11 is 0. The number of allylic oxidation sites excluding steroid dienone is 23. The Morgan fingerprint density at radius 3 is 1.26 bits per heavy atom. The highest BCUT2D eigenvalue weighted by atomic mass is 31.2. The predicted octanol–water partition coefficient (Wildman–Crippen LogP) is 16.5. The molecule has 8 nitrogen and oxygen atoms in total. The van der Waals surface area contributed by atoms with Gasteiger partial charge in [0.1, 0.15) is 13.2 Å². The summed E-state index contributed by atoms with van der Waals surface area (Å²) in [5.41, 5.74) is 0. The molecule has 0 fully saturated rings. The number of phosphoric ester groups is 1. The zero-order chi connectivity index (χ0) is 51.3. The molecule has 0 rings (SSSR count). The molecule has 1 amide bonds. The SMILES string of the molecule is CC/C=C\C/C=C\C/C=C\C/C=C\C/C=C\C/C=C\C/C=C\C/C=C\C/C=C\C/C=C\C/C=C\CCCCCCCCCC(=O)NC(COP(=O)(O)OCC[N+](C)(C)C)C(O)/C=C/CCCCCCC. The van der Waals surface area contributed by atoms with Crippen LogP contribution in [0.4, 0.5) is 0 Å². The van der Waals surface area contributed by atoms with Gasteiger partial charge in [-0.15, -0.1) is 0 Å². The molecule has 3 N–H and O–H groups in total. The molecule has 0 heterocycles. The number of amides is 1. The maximum atomic E-state index is 12.8. The Labute approximate surface area is 429 Å². The summed E-state index contributed by atoms with van der Waals surface area (Å²) in [5.74, 6) is -0.200. The van der Waals surface area contributed by atoms with Crippen LogP contribution < -0.4 is 5.32 Å². The number of carbonyl (C=O) groups is 1. The average Bonchev–Trinajstić information content (AvgIpc) is 3.32. The Morgan fingerprint density at radius 1 is 0.500 bits per heavy atom. The molecular weight excluding hydrogens is 888 g/mol. The van der Waals surface area contributed by atoms with Gasteiger partial charge in [0.15, 0.2) is 0 Å². The van der Waals surface area contributed by atoms with Crippen LogP contribution in [-0.2, 0) is 18.4 Å². The lowest BCUT2D eigenvalue weighted by atomic mass is 10.1. The topological polar surface area (TPSA) is 105 Å². The van der Waals surface area contributed by atoms with Crippen LogP contribution in [0.1, 0.15) is 181 Å². The van der Waals surface area contributed by atoms with Crippen molar-refractivity contribution in [3.63, 3.8) is 0 Å². The van der Waals surface area contributed by atoms with Crippen molar-refractivity contribution < 1.29 is 32.9 Å². The van der Waals surface area contributed by atoms with Crippen molar-refractivity contribution in [3.05, 3.63) is 146 Å². The number of aliphatic hydroxyl groups excluding tert-OH is 1. The smallest absolute Gasteiger partial charge is 0.387 e. The van der Waals surface area contributed by atoms with Crippen LogP contribution in [0.5, 0.6) is 0 Å². The summed E-state index contributed by atoms with van der Waals surface area (Å²) in [4.78, 5) is 23.1. The molecule has 0 aromatic rings. The summed E-state index contributed by atoms with van der Waals surface area (Å²) in [5, 5.41) is 13.7. The van der Waals surface area contributed by atoms with Crippen LogP contribution in [0.2, 0.25) is 0 Å². The summed E-state index contributed by atoms with van der Waals surface area (Å²) in [6, 6.07) is -0.859. The Morgan fingerprint density at radius 2 is 0.857 bits per heavy atom. The maximum Gasteiger partial charge on any atom is 0.472 e. The van der Waals surface area contributed by atoms with Gasteiger partial charge in [0.25, 0.3) is 0 Å². The van der Waals surface area contributed by atoms with E-state index < -0.39 is 20.0 Å². The van der Waals surface area contributed by atoms with Gasteiger partial charge in [-0.1, -0.05) is 217 Å². The zero-order valence-corrected chi connectivity index (χ0v) is 45.8. The van der Waals surface area contributed by atoms with E-state index in [1.54, 1.807) is 6.08 Å². The lowest BCUT2D eigenvalue weighted by Gasteiger charge is -2.25. The minimum absolute atomic E-state index is 0.0512. The molecule has 0 aromatic carbocycles. The highest BCUT2D eigenvalue weighted by Gasteiger charge is 2.27. The van der Waals surface area contributed by atoms with E-state index in [1.807, 2.05) is 27.2 Å². The van der Waals surface area contributed by atoms with Crippen molar-refractivity contribution in [2.75, 3.05) is 40.9 Å². The normalized spacial score (nSPS) is 15.1. The average molecular weight is 990 g/mol. The van der Waals surface area contributed by atoms with E-state index in [0.29, 0.717) is 17.4 Å². The van der Waals surface area contributed by atoms with Crippen LogP contribution in [-0.4, -0.2) is 73.4 Å². The van der Waals surface area contributed by atoms with E-state index >= 15 is 0 Å². The van der Waals surface area contributed by atoms with Gasteiger partial charge in [-0.3, -0.25) is 13.8 Å². The highest BCUT2D eigenvalue weighted by molar-refractivity contribution is 7.47. The van der Waals surface area contributed by atoms with Gasteiger partial charge >= 0.3 is 7.82 Å². The molecule has 0 aromatic heterocycles. The first-order chi connectivity index (χ1) is 34.0. The molecule has 0 aliphatic rings. The quantitative estimate of drug-likeness (QED) is 0.0243. The Kier molecular flexibility index (Phi) is 47.7. The third-order valence-corrected chi connectivity index (χ3v) is 12.0. The van der Waals surface area contributed by atoms with E-state index in [0.717, 1.165) is 122 Å². The molecule has 0 saturated heterocycles. The molecule has 3 unspecified atom stereocenters. The van der Waals surface area contributed by atoms with Gasteiger partial charge in [-0.25, -0.2) is 4.57 Å². The summed E-state index contributed by atoms with van der Waals surface area (Å²) < 4.78 is 23.5. The second-order valence-electron chi connectivity index (χ2n) is 18.9. The predicted molar refractivity (Wildman–Crippen MR) is 304 cm³/mol. The number of aliphatic hydroxyl groups is 1. The molecule has 3 atom stereocenters. The zero-order valence-electron chi connectivity index (χ0n) is 44.9. The third kappa shape index (κ3) is 52.2. The van der Waals surface area contributed by atoms with Crippen molar-refractivity contribution in [3.8, 4) is 0 Å². The van der Waals surface area contributed by atoms with Crippen LogP contribution in [0.3, 0.4) is 0 Å². The number of hydrogen-bond acceptors (Lipinski definition) is 5. The molecule has 9 heteroatoms. The van der Waals surface area contributed by atoms with Crippen LogP contribution in [0.15, 0.2) is 146 Å². The maximum absolute atomic E-state index is 12.8. The minimum atomic E-state index is -4.34. The first-order valence-corrected chi connectivity index (χ1v) is 28.7. The second-order valence-corrected chi connectivity index (χ2v) is 20.3. The van der Waals surface area contributed by atoms with E-state index in [2.05, 4.69) is 153 Å². The number of rotatable bonds is 47. The Balaban J connectivity index is 4.03. The van der Waals surface area contributed by atoms with Crippen molar-refractivity contribution in [2.24, 2.45) is 0 Å². The second kappa shape index (κ2) is 50.3. The fraction of sp³-hybridized carbons (Fsp3) is 0.590. The standard InChI is InChI=1S/C61H101N2O6P/c1-6-8-10-12-14-15-16-17-18-19-20-21-22-23-24-25-26-27-28-29-30-31-32-33-34-35-36-37-38-39-40-41-42-43-44-45-46-47-49-51-53-55-61(65)62-59(60(64)54-52-50-48-13-11-9-7-2)58-69-70(66,67)68-57-56-63(3,4)5/h8,10,14-15,17-18,20-21,23-24,26-27,29-30,32-33,35-36,38-39,41-42,52,54,59-60,64H,6-7,9,11-13,16,19,22,25,28,31,34,37,40,43-51,53,55-58H2,1-5H3,(H-,62,65,66,67)/p+1/b10-8-,15-14-,18-17-,21-20-,24-23-,27-26-,30-29-,33-32-,36-35-,39-38-,42-41-,54-52+. The van der Waals surface area contributed by atoms with E-state index in [-0.39, 0.29) is 19.1 Å². The summed E-state index contributed by atoms with van der Waals surface area (Å²) in [7, 11) is 1.54. The molecule has 0 radical (unpaired) electrons. The number of carbonyl (C=O) groups excluding carboxylic acids is 1. The molecule has 0 saturated carbocycles. The Bertz CT molecular complexity index is 1640. The van der Waals surface area contributed by atoms with Gasteiger partial charge in [-0.2, -0.15) is 0 Å². The summed E-state index contributed by atoms with van der Waals surface area (Å²) in [6.07, 6.45) is 78.3. The van der Waals surface area contributed by atoms with Gasteiger partial charge in [0.05, 0.1) is 39.9 Å². The third-order valence-electron chi connectivity index (χ3n) is 11.1.